The van der Waals surface area contributed by atoms with Crippen molar-refractivity contribution >= 4 is 17.7 Å². The molecule has 0 spiro atoms. The molecule has 0 bridgehead atoms. The maximum Gasteiger partial charge on any atom is 0.414 e. The maximum atomic E-state index is 13.6. The molecule has 1 aromatic rings. The highest BCUT2D eigenvalue weighted by molar-refractivity contribution is 5.89. The van der Waals surface area contributed by atoms with E-state index in [1.807, 2.05) is 24.3 Å². The lowest BCUT2D eigenvalue weighted by molar-refractivity contribution is -0.145. The number of likely N-dealkylation sites (tertiary alicyclic amines) is 1. The molecule has 2 heterocycles. The molecular formula is C18H24FN3O4. The fourth-order valence-electron chi connectivity index (χ4n) is 3.56. The summed E-state index contributed by atoms with van der Waals surface area (Å²) in [4.78, 5) is 26.6. The number of hydrogen-bond acceptors (Lipinski definition) is 5. The van der Waals surface area contributed by atoms with E-state index in [0.717, 1.165) is 11.3 Å². The lowest BCUT2D eigenvalue weighted by Crippen LogP contribution is -2.42. The number of carboxylic acid groups (broad SMARTS) is 1. The second-order valence-corrected chi connectivity index (χ2v) is 6.86. The van der Waals surface area contributed by atoms with Crippen molar-refractivity contribution in [3.05, 3.63) is 29.8 Å². The summed E-state index contributed by atoms with van der Waals surface area (Å²) in [5, 5.41) is 8.77. The number of carbonyl (C=O) groups excluding carboxylic acids is 1. The van der Waals surface area contributed by atoms with Crippen molar-refractivity contribution in [3.8, 4) is 0 Å². The van der Waals surface area contributed by atoms with Gasteiger partial charge in [-0.2, -0.15) is 0 Å². The zero-order chi connectivity index (χ0) is 18.7. The standard InChI is InChI=1S/C18H24FN3O4/c19-16(17(23)24)13-5-7-21(8-6-13)10-15-11-22(18(25)26-15)14-3-1-12(9-20)2-4-14/h1-4,13,15-16H,5-11,20H2,(H,23,24). The van der Waals surface area contributed by atoms with Crippen LogP contribution in [0, 0.1) is 5.92 Å². The Kier molecular flexibility index (Phi) is 5.73. The van der Waals surface area contributed by atoms with Crippen LogP contribution in [0.3, 0.4) is 0 Å². The van der Waals surface area contributed by atoms with Crippen LogP contribution >= 0.6 is 0 Å². The third-order valence-corrected chi connectivity index (χ3v) is 5.10. The average Bonchev–Trinajstić information content (AvgIpc) is 3.02. The normalized spacial score (nSPS) is 23.1. The van der Waals surface area contributed by atoms with Crippen molar-refractivity contribution < 1.29 is 23.8 Å². The molecule has 2 aliphatic heterocycles. The number of aliphatic carboxylic acids is 1. The van der Waals surface area contributed by atoms with Crippen LogP contribution in [0.4, 0.5) is 14.9 Å². The number of nitrogens with two attached hydrogens (primary N) is 1. The van der Waals surface area contributed by atoms with E-state index in [-0.39, 0.29) is 12.2 Å². The summed E-state index contributed by atoms with van der Waals surface area (Å²) in [7, 11) is 0. The first-order chi connectivity index (χ1) is 12.5. The van der Waals surface area contributed by atoms with Crippen LogP contribution in [0.1, 0.15) is 18.4 Å². The zero-order valence-corrected chi connectivity index (χ0v) is 14.5. The van der Waals surface area contributed by atoms with Crippen LogP contribution in [0.5, 0.6) is 0 Å². The van der Waals surface area contributed by atoms with E-state index >= 15 is 0 Å². The number of nitrogens with zero attached hydrogens (tertiary/aromatic N) is 2. The molecule has 0 radical (unpaired) electrons. The Morgan fingerprint density at radius 2 is 1.96 bits per heavy atom. The van der Waals surface area contributed by atoms with Gasteiger partial charge < -0.3 is 15.6 Å². The van der Waals surface area contributed by atoms with Gasteiger partial charge in [0, 0.05) is 24.7 Å². The molecule has 26 heavy (non-hydrogen) atoms. The van der Waals surface area contributed by atoms with Crippen molar-refractivity contribution in [2.45, 2.75) is 31.7 Å². The minimum absolute atomic E-state index is 0.256. The summed E-state index contributed by atoms with van der Waals surface area (Å²) in [6.45, 7) is 2.70. The van der Waals surface area contributed by atoms with E-state index in [1.54, 1.807) is 4.90 Å². The summed E-state index contributed by atoms with van der Waals surface area (Å²) in [6.07, 6.45) is -1.43. The highest BCUT2D eigenvalue weighted by atomic mass is 19.1. The molecule has 1 aromatic carbocycles. The van der Waals surface area contributed by atoms with Crippen molar-refractivity contribution in [2.24, 2.45) is 11.7 Å². The molecule has 2 aliphatic rings. The molecule has 0 aromatic heterocycles. The zero-order valence-electron chi connectivity index (χ0n) is 14.5. The molecule has 8 heteroatoms. The van der Waals surface area contributed by atoms with Crippen molar-refractivity contribution in [2.75, 3.05) is 31.1 Å². The average molecular weight is 365 g/mol. The van der Waals surface area contributed by atoms with Gasteiger partial charge in [-0.05, 0) is 43.6 Å². The fourth-order valence-corrected chi connectivity index (χ4v) is 3.56. The Morgan fingerprint density at radius 1 is 1.31 bits per heavy atom. The van der Waals surface area contributed by atoms with Gasteiger partial charge in [-0.15, -0.1) is 0 Å². The minimum atomic E-state index is -1.80. The number of hydrogen-bond donors (Lipinski definition) is 2. The molecule has 2 fully saturated rings. The predicted molar refractivity (Wildman–Crippen MR) is 93.6 cm³/mol. The van der Waals surface area contributed by atoms with Crippen molar-refractivity contribution in [1.29, 1.82) is 0 Å². The van der Waals surface area contributed by atoms with Gasteiger partial charge in [0.25, 0.3) is 0 Å². The van der Waals surface area contributed by atoms with Gasteiger partial charge in [-0.3, -0.25) is 9.80 Å². The van der Waals surface area contributed by atoms with Crippen LogP contribution in [-0.2, 0) is 16.1 Å². The second-order valence-electron chi connectivity index (χ2n) is 6.86. The highest BCUT2D eigenvalue weighted by Gasteiger charge is 2.36. The lowest BCUT2D eigenvalue weighted by atomic mass is 9.92. The number of anilines is 1. The number of rotatable bonds is 6. The number of carbonyl (C=O) groups is 2. The summed E-state index contributed by atoms with van der Waals surface area (Å²) < 4.78 is 19.0. The van der Waals surface area contributed by atoms with E-state index in [0.29, 0.717) is 45.6 Å². The third kappa shape index (κ3) is 4.13. The summed E-state index contributed by atoms with van der Waals surface area (Å²) in [5.41, 5.74) is 7.35. The Bertz CT molecular complexity index is 646. The summed E-state index contributed by atoms with van der Waals surface area (Å²) >= 11 is 0. The topological polar surface area (TPSA) is 96.1 Å². The number of benzene rings is 1. The number of halogens is 1. The van der Waals surface area contributed by atoms with Gasteiger partial charge in [0.2, 0.25) is 0 Å². The van der Waals surface area contributed by atoms with Gasteiger partial charge in [-0.1, -0.05) is 12.1 Å². The van der Waals surface area contributed by atoms with Crippen LogP contribution in [0.15, 0.2) is 24.3 Å². The van der Waals surface area contributed by atoms with E-state index in [4.69, 9.17) is 15.6 Å². The van der Waals surface area contributed by atoms with Crippen LogP contribution in [-0.4, -0.2) is 60.5 Å². The number of piperidine rings is 1. The minimum Gasteiger partial charge on any atom is -0.479 e. The first kappa shape index (κ1) is 18.6. The SMILES string of the molecule is NCc1ccc(N2CC(CN3CCC(C(F)C(=O)O)CC3)OC2=O)cc1. The summed E-state index contributed by atoms with van der Waals surface area (Å²) in [5.74, 6) is -1.82. The first-order valence-corrected chi connectivity index (χ1v) is 8.84. The monoisotopic (exact) mass is 365 g/mol. The molecule has 2 atom stereocenters. The van der Waals surface area contributed by atoms with Crippen LogP contribution in [0.2, 0.25) is 0 Å². The van der Waals surface area contributed by atoms with E-state index in [1.165, 1.54) is 0 Å². The summed E-state index contributed by atoms with van der Waals surface area (Å²) in [6, 6.07) is 7.47. The smallest absolute Gasteiger partial charge is 0.414 e. The Balaban J connectivity index is 1.51. The van der Waals surface area contributed by atoms with Gasteiger partial charge >= 0.3 is 12.1 Å². The Morgan fingerprint density at radius 3 is 2.54 bits per heavy atom. The predicted octanol–water partition coefficient (Wildman–Crippen LogP) is 1.61. The Labute approximate surface area is 151 Å². The first-order valence-electron chi connectivity index (χ1n) is 8.84. The van der Waals surface area contributed by atoms with E-state index in [9.17, 15) is 14.0 Å². The Hall–Kier alpha value is -2.19. The van der Waals surface area contributed by atoms with Crippen LogP contribution in [0.25, 0.3) is 0 Å². The van der Waals surface area contributed by atoms with Gasteiger partial charge in [0.1, 0.15) is 6.10 Å². The molecular weight excluding hydrogens is 341 g/mol. The number of cyclic esters (lactones) is 1. The number of ether oxygens (including phenoxy) is 1. The quantitative estimate of drug-likeness (QED) is 0.795. The van der Waals surface area contributed by atoms with Gasteiger partial charge in [-0.25, -0.2) is 14.0 Å². The third-order valence-electron chi connectivity index (χ3n) is 5.10. The molecule has 2 unspecified atom stereocenters. The molecule has 0 saturated carbocycles. The molecule has 1 amide bonds. The molecule has 7 nitrogen and oxygen atoms in total. The molecule has 3 N–H and O–H groups in total. The van der Waals surface area contributed by atoms with Crippen molar-refractivity contribution in [3.63, 3.8) is 0 Å². The van der Waals surface area contributed by atoms with E-state index < -0.39 is 18.1 Å². The number of amides is 1. The fraction of sp³-hybridized carbons (Fsp3) is 0.556. The van der Waals surface area contributed by atoms with Crippen LogP contribution < -0.4 is 10.6 Å². The number of carboxylic acids is 1. The maximum absolute atomic E-state index is 13.6. The molecule has 0 aliphatic carbocycles. The molecule has 2 saturated heterocycles. The van der Waals surface area contributed by atoms with Crippen molar-refractivity contribution in [1.82, 2.24) is 4.90 Å². The van der Waals surface area contributed by atoms with Gasteiger partial charge in [0.15, 0.2) is 6.17 Å². The largest absolute Gasteiger partial charge is 0.479 e. The molecule has 142 valence electrons. The molecule has 3 rings (SSSR count). The van der Waals surface area contributed by atoms with Gasteiger partial charge in [0.05, 0.1) is 6.54 Å². The number of alkyl halides is 1. The second kappa shape index (κ2) is 8.01. The lowest BCUT2D eigenvalue weighted by Gasteiger charge is -2.33. The van der Waals surface area contributed by atoms with E-state index in [2.05, 4.69) is 4.90 Å². The highest BCUT2D eigenvalue weighted by Crippen LogP contribution is 2.26.